The number of nitro groups is 1. The molecule has 1 aromatic heterocycles. The molecule has 3 aromatic carbocycles. The van der Waals surface area contributed by atoms with Crippen molar-refractivity contribution in [2.45, 2.75) is 13.3 Å². The second-order valence-electron chi connectivity index (χ2n) is 7.50. The molecule has 0 fully saturated rings. The molecule has 0 aliphatic rings. The van der Waals surface area contributed by atoms with Crippen molar-refractivity contribution < 1.29 is 14.5 Å². The Morgan fingerprint density at radius 2 is 1.64 bits per heavy atom. The van der Waals surface area contributed by atoms with Crippen LogP contribution in [-0.4, -0.2) is 21.7 Å². The van der Waals surface area contributed by atoms with Gasteiger partial charge in [-0.25, -0.2) is 4.98 Å². The molecule has 8 heteroatoms. The highest BCUT2D eigenvalue weighted by atomic mass is 16.6. The SMILES string of the molecule is Cc1ccc(-c2cc(C(=O)NNC(=O)Cc3ccccc3[N+](=O)[O-])c3ccccc3n2)cc1. The van der Waals surface area contributed by atoms with Gasteiger partial charge in [-0.1, -0.05) is 66.2 Å². The van der Waals surface area contributed by atoms with Crippen molar-refractivity contribution in [2.24, 2.45) is 0 Å². The number of nitrogens with one attached hydrogen (secondary N) is 2. The number of aryl methyl sites for hydroxylation is 1. The third kappa shape index (κ3) is 4.85. The first kappa shape index (κ1) is 21.6. The van der Waals surface area contributed by atoms with Crippen LogP contribution in [0.25, 0.3) is 22.2 Å². The van der Waals surface area contributed by atoms with Gasteiger partial charge in [0, 0.05) is 22.6 Å². The summed E-state index contributed by atoms with van der Waals surface area (Å²) in [5, 5.41) is 11.8. The smallest absolute Gasteiger partial charge is 0.273 e. The van der Waals surface area contributed by atoms with Crippen LogP contribution < -0.4 is 10.9 Å². The molecule has 0 saturated carbocycles. The van der Waals surface area contributed by atoms with E-state index in [1.807, 2.05) is 43.3 Å². The van der Waals surface area contributed by atoms with Crippen LogP contribution in [0.15, 0.2) is 78.9 Å². The molecule has 33 heavy (non-hydrogen) atoms. The first-order chi connectivity index (χ1) is 15.9. The summed E-state index contributed by atoms with van der Waals surface area (Å²) in [6, 6.07) is 22.7. The van der Waals surface area contributed by atoms with Gasteiger partial charge in [0.05, 0.1) is 28.1 Å². The van der Waals surface area contributed by atoms with E-state index in [4.69, 9.17) is 0 Å². The standard InChI is InChI=1S/C25H20N4O4/c1-16-10-12-17(13-11-16)22-15-20(19-7-3-4-8-21(19)26-22)25(31)28-27-24(30)14-18-6-2-5-9-23(18)29(32)33/h2-13,15H,14H2,1H3,(H,27,30)(H,28,31). The zero-order valence-electron chi connectivity index (χ0n) is 17.7. The van der Waals surface area contributed by atoms with Crippen LogP contribution in [0.2, 0.25) is 0 Å². The lowest BCUT2D eigenvalue weighted by Crippen LogP contribution is -2.42. The van der Waals surface area contributed by atoms with Gasteiger partial charge in [0.1, 0.15) is 0 Å². The second kappa shape index (κ2) is 9.27. The maximum Gasteiger partial charge on any atom is 0.273 e. The molecule has 1 heterocycles. The minimum atomic E-state index is -0.574. The summed E-state index contributed by atoms with van der Waals surface area (Å²) in [6.07, 6.45) is -0.247. The van der Waals surface area contributed by atoms with Crippen LogP contribution in [0.5, 0.6) is 0 Å². The molecule has 2 N–H and O–H groups in total. The van der Waals surface area contributed by atoms with Gasteiger partial charge < -0.3 is 0 Å². The zero-order valence-corrected chi connectivity index (χ0v) is 17.7. The average Bonchev–Trinajstić information content (AvgIpc) is 2.82. The summed E-state index contributed by atoms with van der Waals surface area (Å²) in [4.78, 5) is 40.6. The second-order valence-corrected chi connectivity index (χ2v) is 7.50. The number of carbonyl (C=O) groups is 2. The predicted molar refractivity (Wildman–Crippen MR) is 124 cm³/mol. The maximum atomic E-state index is 13.0. The molecule has 8 nitrogen and oxygen atoms in total. The summed E-state index contributed by atoms with van der Waals surface area (Å²) in [6.45, 7) is 1.99. The number of fused-ring (bicyclic) bond motifs is 1. The fourth-order valence-electron chi connectivity index (χ4n) is 3.48. The van der Waals surface area contributed by atoms with E-state index in [2.05, 4.69) is 15.8 Å². The Bertz CT molecular complexity index is 1370. The Labute approximate surface area is 189 Å². The molecule has 0 radical (unpaired) electrons. The largest absolute Gasteiger partial charge is 0.273 e. The molecule has 0 aliphatic heterocycles. The number of aromatic nitrogens is 1. The minimum absolute atomic E-state index is 0.151. The summed E-state index contributed by atoms with van der Waals surface area (Å²) in [7, 11) is 0. The van der Waals surface area contributed by atoms with E-state index in [9.17, 15) is 19.7 Å². The molecular formula is C25H20N4O4. The third-order valence-electron chi connectivity index (χ3n) is 5.16. The number of hydrogen-bond donors (Lipinski definition) is 2. The Hall–Kier alpha value is -4.59. The molecule has 0 atom stereocenters. The Morgan fingerprint density at radius 3 is 2.39 bits per heavy atom. The van der Waals surface area contributed by atoms with Crippen LogP contribution >= 0.6 is 0 Å². The van der Waals surface area contributed by atoms with Gasteiger partial charge in [-0.2, -0.15) is 0 Å². The van der Waals surface area contributed by atoms with E-state index in [1.165, 1.54) is 18.2 Å². The Balaban J connectivity index is 1.56. The Kier molecular flexibility index (Phi) is 6.08. The number of amides is 2. The van der Waals surface area contributed by atoms with Crippen LogP contribution in [0.3, 0.4) is 0 Å². The lowest BCUT2D eigenvalue weighted by Gasteiger charge is -2.12. The molecule has 0 aliphatic carbocycles. The van der Waals surface area contributed by atoms with Crippen molar-refractivity contribution in [1.29, 1.82) is 0 Å². The van der Waals surface area contributed by atoms with Crippen LogP contribution in [0.1, 0.15) is 21.5 Å². The number of nitro benzene ring substituents is 1. The highest BCUT2D eigenvalue weighted by Gasteiger charge is 2.17. The third-order valence-corrected chi connectivity index (χ3v) is 5.16. The van der Waals surface area contributed by atoms with Gasteiger partial charge in [-0.3, -0.25) is 30.6 Å². The highest BCUT2D eigenvalue weighted by Crippen LogP contribution is 2.25. The van der Waals surface area contributed by atoms with Crippen molar-refractivity contribution in [3.8, 4) is 11.3 Å². The van der Waals surface area contributed by atoms with E-state index in [-0.39, 0.29) is 17.7 Å². The van der Waals surface area contributed by atoms with Crippen molar-refractivity contribution in [1.82, 2.24) is 15.8 Å². The van der Waals surface area contributed by atoms with Crippen molar-refractivity contribution >= 4 is 28.4 Å². The molecule has 0 bridgehead atoms. The van der Waals surface area contributed by atoms with Gasteiger partial charge in [0.25, 0.3) is 11.6 Å². The number of hydrazine groups is 1. The number of benzene rings is 3. The molecule has 0 saturated heterocycles. The van der Waals surface area contributed by atoms with Crippen LogP contribution in [0, 0.1) is 17.0 Å². The number of hydrogen-bond acceptors (Lipinski definition) is 5. The van der Waals surface area contributed by atoms with E-state index in [0.29, 0.717) is 22.2 Å². The van der Waals surface area contributed by atoms with Gasteiger partial charge >= 0.3 is 0 Å². The molecule has 0 unspecified atom stereocenters. The number of nitrogens with zero attached hydrogens (tertiary/aromatic N) is 2. The van der Waals surface area contributed by atoms with Gasteiger partial charge in [0.2, 0.25) is 5.91 Å². The van der Waals surface area contributed by atoms with Crippen LogP contribution in [0.4, 0.5) is 5.69 Å². The van der Waals surface area contributed by atoms with E-state index >= 15 is 0 Å². The van der Waals surface area contributed by atoms with Crippen molar-refractivity contribution in [3.05, 3.63) is 106 Å². The molecule has 0 spiro atoms. The fourth-order valence-corrected chi connectivity index (χ4v) is 3.48. The van der Waals surface area contributed by atoms with Gasteiger partial charge in [0.15, 0.2) is 0 Å². The predicted octanol–water partition coefficient (Wildman–Crippen LogP) is 4.12. The van der Waals surface area contributed by atoms with Crippen LogP contribution in [-0.2, 0) is 11.2 Å². The molecule has 4 aromatic rings. The minimum Gasteiger partial charge on any atom is -0.273 e. The number of carbonyl (C=O) groups excluding carboxylic acids is 2. The van der Waals surface area contributed by atoms with Crippen molar-refractivity contribution in [2.75, 3.05) is 0 Å². The average molecular weight is 440 g/mol. The lowest BCUT2D eigenvalue weighted by molar-refractivity contribution is -0.385. The first-order valence-corrected chi connectivity index (χ1v) is 10.2. The summed E-state index contributed by atoms with van der Waals surface area (Å²) >= 11 is 0. The van der Waals surface area contributed by atoms with Gasteiger partial charge in [-0.15, -0.1) is 0 Å². The highest BCUT2D eigenvalue weighted by molar-refractivity contribution is 6.07. The summed E-state index contributed by atoms with van der Waals surface area (Å²) in [5.41, 5.74) is 8.46. The molecular weight excluding hydrogens is 420 g/mol. The van der Waals surface area contributed by atoms with E-state index < -0.39 is 16.7 Å². The topological polar surface area (TPSA) is 114 Å². The zero-order chi connectivity index (χ0) is 23.4. The van der Waals surface area contributed by atoms with E-state index in [1.54, 1.807) is 24.3 Å². The molecule has 4 rings (SSSR count). The van der Waals surface area contributed by atoms with Gasteiger partial charge in [-0.05, 0) is 19.1 Å². The normalized spacial score (nSPS) is 10.6. The monoisotopic (exact) mass is 440 g/mol. The van der Waals surface area contributed by atoms with Crippen molar-refractivity contribution in [3.63, 3.8) is 0 Å². The lowest BCUT2D eigenvalue weighted by atomic mass is 10.0. The fraction of sp³-hybridized carbons (Fsp3) is 0.0800. The summed E-state index contributed by atoms with van der Waals surface area (Å²) in [5.74, 6) is -1.09. The maximum absolute atomic E-state index is 13.0. The molecule has 2 amide bonds. The Morgan fingerprint density at radius 1 is 0.939 bits per heavy atom. The summed E-state index contributed by atoms with van der Waals surface area (Å²) < 4.78 is 0. The van der Waals surface area contributed by atoms with E-state index in [0.717, 1.165) is 11.1 Å². The molecule has 164 valence electrons. The number of pyridine rings is 1. The number of para-hydroxylation sites is 2. The quantitative estimate of drug-likeness (QED) is 0.358. The number of rotatable bonds is 5. The first-order valence-electron chi connectivity index (χ1n) is 10.2.